The van der Waals surface area contributed by atoms with Gasteiger partial charge < -0.3 is 7.59 Å². The van der Waals surface area contributed by atoms with Gasteiger partial charge in [-0.2, -0.15) is 0 Å². The van der Waals surface area contributed by atoms with Crippen LogP contribution in [0.1, 0.15) is 22.6 Å². The molecule has 0 aliphatic rings. The summed E-state index contributed by atoms with van der Waals surface area (Å²) < 4.78 is 4.35. The van der Waals surface area contributed by atoms with Crippen molar-refractivity contribution in [3.8, 4) is 0 Å². The molecule has 2 nitrogen and oxygen atoms in total. The molecule has 0 fully saturated rings. The van der Waals surface area contributed by atoms with E-state index in [-0.39, 0.29) is 54.3 Å². The third-order valence-electron chi connectivity index (χ3n) is 0.682. The molecule has 0 radical (unpaired) electrons. The van der Waals surface area contributed by atoms with Crippen molar-refractivity contribution in [3.63, 3.8) is 0 Å². The van der Waals surface area contributed by atoms with Gasteiger partial charge in [-0.1, -0.05) is 6.92 Å². The van der Waals surface area contributed by atoms with E-state index in [4.69, 9.17) is 0 Å². The van der Waals surface area contributed by atoms with Crippen molar-refractivity contribution in [2.75, 3.05) is 7.11 Å². The zero-order valence-electron chi connectivity index (χ0n) is 7.44. The number of hydrogen-bond acceptors (Lipinski definition) is 2. The second kappa shape index (κ2) is 7.95. The second-order valence-electron chi connectivity index (χ2n) is 1.33. The molecule has 0 heterocycles. The van der Waals surface area contributed by atoms with E-state index in [0.29, 0.717) is 6.42 Å². The van der Waals surface area contributed by atoms with Crippen LogP contribution >= 0.6 is 0 Å². The molecule has 0 saturated carbocycles. The first kappa shape index (κ1) is 11.7. The zero-order valence-corrected chi connectivity index (χ0v) is 8.91. The van der Waals surface area contributed by atoms with Crippen LogP contribution in [0, 0.1) is 0 Å². The van der Waals surface area contributed by atoms with Crippen LogP contribution in [0.4, 0.5) is 0 Å². The van der Waals surface area contributed by atoms with Crippen molar-refractivity contribution in [2.24, 2.45) is 0 Å². The number of rotatable bonds is 2. The van der Waals surface area contributed by atoms with Crippen LogP contribution in [0.25, 0.3) is 0 Å². The molecule has 0 aliphatic heterocycles. The van der Waals surface area contributed by atoms with Gasteiger partial charge in [-0.25, -0.2) is 0 Å². The number of esters is 1. The fourth-order valence-corrected chi connectivity index (χ4v) is 0.306. The molecule has 0 aromatic carbocycles. The zero-order chi connectivity index (χ0) is 5.70. The van der Waals surface area contributed by atoms with E-state index in [1.54, 1.807) is 0 Å². The van der Waals surface area contributed by atoms with E-state index in [1.807, 2.05) is 6.92 Å². The van der Waals surface area contributed by atoms with Gasteiger partial charge in [-0.15, -0.1) is 0 Å². The third-order valence-corrected chi connectivity index (χ3v) is 0.682. The molecule has 0 unspecified atom stereocenters. The summed E-state index contributed by atoms with van der Waals surface area (Å²) in [5, 5.41) is 0. The molecule has 0 N–H and O–H groups in total. The number of hydrogen-bond donors (Lipinski definition) is 0. The molecule has 0 aliphatic carbocycles. The minimum Gasteiger partial charge on any atom is -1.00 e. The number of methoxy groups -OCH3 is 1. The predicted octanol–water partition coefficient (Wildman–Crippen LogP) is 0.804. The molecular formula is C5H12O2Sr. The SMILES string of the molecule is CCCC(=O)OC.[H-].[H-].[Sr+2]. The minimum atomic E-state index is -0.123. The molecule has 0 rings (SSSR count). The Morgan fingerprint density at radius 2 is 2.25 bits per heavy atom. The summed E-state index contributed by atoms with van der Waals surface area (Å²) in [6, 6.07) is 0. The van der Waals surface area contributed by atoms with Gasteiger partial charge in [0, 0.05) is 6.42 Å². The number of carbonyl (C=O) groups is 1. The van der Waals surface area contributed by atoms with Crippen LogP contribution in [0.2, 0.25) is 0 Å². The minimum absolute atomic E-state index is 0. The summed E-state index contributed by atoms with van der Waals surface area (Å²) in [7, 11) is 1.40. The van der Waals surface area contributed by atoms with Crippen molar-refractivity contribution < 1.29 is 12.4 Å². The summed E-state index contributed by atoms with van der Waals surface area (Å²) in [6.07, 6.45) is 1.41. The molecule has 0 atom stereocenters. The largest absolute Gasteiger partial charge is 2.00 e. The van der Waals surface area contributed by atoms with Gasteiger partial charge in [-0.3, -0.25) is 4.79 Å². The Morgan fingerprint density at radius 3 is 2.38 bits per heavy atom. The van der Waals surface area contributed by atoms with Gasteiger partial charge in [0.25, 0.3) is 0 Å². The summed E-state index contributed by atoms with van der Waals surface area (Å²) >= 11 is 0. The standard InChI is InChI=1S/C5H10O2.Sr.2H/c1-3-4-5(6)7-2;;;/h3-4H2,1-2H3;;;/q;+2;2*-1. The van der Waals surface area contributed by atoms with Gasteiger partial charge >= 0.3 is 51.5 Å². The summed E-state index contributed by atoms with van der Waals surface area (Å²) in [5.41, 5.74) is 0. The Hall–Kier alpha value is 0.951. The van der Waals surface area contributed by atoms with Gasteiger partial charge in [0.05, 0.1) is 7.11 Å². The van der Waals surface area contributed by atoms with Gasteiger partial charge in [0.2, 0.25) is 0 Å². The van der Waals surface area contributed by atoms with Gasteiger partial charge in [-0.05, 0) is 6.42 Å². The Kier molecular flexibility index (Phi) is 11.6. The van der Waals surface area contributed by atoms with Crippen molar-refractivity contribution in [1.29, 1.82) is 0 Å². The molecule has 0 aromatic rings. The van der Waals surface area contributed by atoms with Gasteiger partial charge in [0.15, 0.2) is 0 Å². The maximum absolute atomic E-state index is 10.2. The molecule has 46 valence electrons. The summed E-state index contributed by atoms with van der Waals surface area (Å²) in [6.45, 7) is 1.94. The molecule has 0 bridgehead atoms. The monoisotopic (exact) mass is 192 g/mol. The fraction of sp³-hybridized carbons (Fsp3) is 0.800. The first-order chi connectivity index (χ1) is 3.31. The average molecular weight is 192 g/mol. The molecule has 8 heavy (non-hydrogen) atoms. The number of carbonyl (C=O) groups excluding carboxylic acids is 1. The maximum atomic E-state index is 10.2. The molecular weight excluding hydrogens is 180 g/mol. The van der Waals surface area contributed by atoms with E-state index in [9.17, 15) is 4.79 Å². The van der Waals surface area contributed by atoms with E-state index < -0.39 is 0 Å². The van der Waals surface area contributed by atoms with Crippen molar-refractivity contribution >= 4 is 51.5 Å². The van der Waals surface area contributed by atoms with E-state index in [2.05, 4.69) is 4.74 Å². The van der Waals surface area contributed by atoms with Crippen LogP contribution in [-0.2, 0) is 9.53 Å². The van der Waals surface area contributed by atoms with Crippen molar-refractivity contribution in [3.05, 3.63) is 0 Å². The fourth-order valence-electron chi connectivity index (χ4n) is 0.306. The van der Waals surface area contributed by atoms with Crippen LogP contribution in [-0.4, -0.2) is 58.6 Å². The summed E-state index contributed by atoms with van der Waals surface area (Å²) in [4.78, 5) is 10.2. The molecule has 0 aromatic heterocycles. The van der Waals surface area contributed by atoms with Crippen molar-refractivity contribution in [1.82, 2.24) is 0 Å². The van der Waals surface area contributed by atoms with Crippen LogP contribution in [0.15, 0.2) is 0 Å². The number of ether oxygens (including phenoxy) is 1. The molecule has 3 heteroatoms. The Morgan fingerprint density at radius 1 is 1.75 bits per heavy atom. The van der Waals surface area contributed by atoms with Crippen LogP contribution < -0.4 is 0 Å². The van der Waals surface area contributed by atoms with E-state index in [0.717, 1.165) is 6.42 Å². The Bertz CT molecular complexity index is 70.7. The predicted molar refractivity (Wildman–Crippen MR) is 34.9 cm³/mol. The van der Waals surface area contributed by atoms with E-state index >= 15 is 0 Å². The van der Waals surface area contributed by atoms with Crippen molar-refractivity contribution in [2.45, 2.75) is 19.8 Å². The first-order valence-corrected chi connectivity index (χ1v) is 2.38. The smallest absolute Gasteiger partial charge is 1.00 e. The van der Waals surface area contributed by atoms with E-state index in [1.165, 1.54) is 7.11 Å². The molecule has 0 amide bonds. The Balaban J connectivity index is -0.0000000600. The second-order valence-corrected chi connectivity index (χ2v) is 1.33. The van der Waals surface area contributed by atoms with Gasteiger partial charge in [0.1, 0.15) is 0 Å². The normalized spacial score (nSPS) is 7.25. The average Bonchev–Trinajstić information content (AvgIpc) is 1.68. The quantitative estimate of drug-likeness (QED) is 0.477. The molecule has 0 spiro atoms. The summed E-state index contributed by atoms with van der Waals surface area (Å²) in [5.74, 6) is -0.123. The Labute approximate surface area is 89.8 Å². The first-order valence-electron chi connectivity index (χ1n) is 2.38. The third kappa shape index (κ3) is 6.95. The molecule has 0 saturated heterocycles. The van der Waals surface area contributed by atoms with Crippen LogP contribution in [0.3, 0.4) is 0 Å². The maximum Gasteiger partial charge on any atom is 2.00 e. The topological polar surface area (TPSA) is 26.3 Å². The van der Waals surface area contributed by atoms with Crippen LogP contribution in [0.5, 0.6) is 0 Å².